The Hall–Kier alpha value is -0.820. The molecule has 1 heteroatoms. The van der Waals surface area contributed by atoms with E-state index in [-0.39, 0.29) is 0 Å². The molecule has 82 valence electrons. The highest BCUT2D eigenvalue weighted by Gasteiger charge is 2.30. The molecule has 0 aromatic heterocycles. The van der Waals surface area contributed by atoms with Crippen LogP contribution in [0.25, 0.3) is 0 Å². The zero-order valence-corrected chi connectivity index (χ0v) is 9.79. The van der Waals surface area contributed by atoms with Gasteiger partial charge in [-0.05, 0) is 49.8 Å². The van der Waals surface area contributed by atoms with Crippen LogP contribution in [0.3, 0.4) is 0 Å². The maximum Gasteiger partial charge on any atom is 0.0136 e. The molecule has 0 saturated heterocycles. The van der Waals surface area contributed by atoms with Gasteiger partial charge in [0.25, 0.3) is 0 Å². The Morgan fingerprint density at radius 3 is 2.67 bits per heavy atom. The molecule has 0 radical (unpaired) electrons. The second-order valence-corrected chi connectivity index (χ2v) is 4.63. The van der Waals surface area contributed by atoms with Gasteiger partial charge >= 0.3 is 0 Å². The van der Waals surface area contributed by atoms with E-state index in [1.807, 2.05) is 0 Å². The minimum absolute atomic E-state index is 0.705. The molecule has 0 heterocycles. The molecule has 1 unspecified atom stereocenters. The van der Waals surface area contributed by atoms with Gasteiger partial charge in [-0.15, -0.1) is 0 Å². The highest BCUT2D eigenvalue weighted by atomic mass is 14.9. The molecule has 1 fully saturated rings. The van der Waals surface area contributed by atoms with Gasteiger partial charge in [0, 0.05) is 6.04 Å². The van der Waals surface area contributed by atoms with Crippen molar-refractivity contribution >= 4 is 0 Å². The molecule has 1 N–H and O–H groups in total. The van der Waals surface area contributed by atoms with Crippen molar-refractivity contribution in [2.24, 2.45) is 5.92 Å². The summed E-state index contributed by atoms with van der Waals surface area (Å²) in [7, 11) is 0. The number of hydrogen-bond acceptors (Lipinski definition) is 1. The molecule has 0 amide bonds. The minimum atomic E-state index is 0.705. The summed E-state index contributed by atoms with van der Waals surface area (Å²) >= 11 is 0. The van der Waals surface area contributed by atoms with E-state index in [0.29, 0.717) is 6.04 Å². The summed E-state index contributed by atoms with van der Waals surface area (Å²) in [5.41, 5.74) is 2.94. The molecule has 1 aromatic rings. The van der Waals surface area contributed by atoms with Crippen LogP contribution in [-0.4, -0.2) is 12.6 Å². The SMILES string of the molecule is CCNC(Cc1ccccc1C)C1CC1. The first kappa shape index (κ1) is 10.7. The zero-order chi connectivity index (χ0) is 10.7. The standard InChI is InChI=1S/C14H21N/c1-3-15-14(12-8-9-12)10-13-7-5-4-6-11(13)2/h4-7,12,14-15H,3,8-10H2,1-2H3. The molecule has 1 aromatic carbocycles. The fraction of sp³-hybridized carbons (Fsp3) is 0.571. The molecule has 1 saturated carbocycles. The molecule has 1 atom stereocenters. The van der Waals surface area contributed by atoms with Crippen molar-refractivity contribution in [3.63, 3.8) is 0 Å². The van der Waals surface area contributed by atoms with Gasteiger partial charge in [0.2, 0.25) is 0 Å². The van der Waals surface area contributed by atoms with Crippen molar-refractivity contribution in [2.75, 3.05) is 6.54 Å². The topological polar surface area (TPSA) is 12.0 Å². The molecule has 1 aliphatic carbocycles. The lowest BCUT2D eigenvalue weighted by Crippen LogP contribution is -2.33. The Morgan fingerprint density at radius 2 is 2.07 bits per heavy atom. The predicted octanol–water partition coefficient (Wildman–Crippen LogP) is 2.93. The zero-order valence-electron chi connectivity index (χ0n) is 9.79. The quantitative estimate of drug-likeness (QED) is 0.776. The summed E-state index contributed by atoms with van der Waals surface area (Å²) in [6, 6.07) is 9.46. The Bertz CT molecular complexity index is 315. The third kappa shape index (κ3) is 2.82. The molecule has 1 nitrogen and oxygen atoms in total. The van der Waals surface area contributed by atoms with Crippen molar-refractivity contribution < 1.29 is 0 Å². The van der Waals surface area contributed by atoms with Crippen LogP contribution in [0.15, 0.2) is 24.3 Å². The van der Waals surface area contributed by atoms with E-state index in [1.165, 1.54) is 30.4 Å². The fourth-order valence-corrected chi connectivity index (χ4v) is 2.24. The van der Waals surface area contributed by atoms with Gasteiger partial charge in [0.05, 0.1) is 0 Å². The van der Waals surface area contributed by atoms with Crippen LogP contribution in [0.4, 0.5) is 0 Å². The summed E-state index contributed by atoms with van der Waals surface area (Å²) < 4.78 is 0. The largest absolute Gasteiger partial charge is 0.314 e. The molecule has 0 bridgehead atoms. The summed E-state index contributed by atoms with van der Waals surface area (Å²) in [5.74, 6) is 0.935. The van der Waals surface area contributed by atoms with Gasteiger partial charge in [-0.25, -0.2) is 0 Å². The molecule has 15 heavy (non-hydrogen) atoms. The average Bonchev–Trinajstić information content (AvgIpc) is 3.04. The van der Waals surface area contributed by atoms with E-state index in [9.17, 15) is 0 Å². The minimum Gasteiger partial charge on any atom is -0.314 e. The Morgan fingerprint density at radius 1 is 1.33 bits per heavy atom. The van der Waals surface area contributed by atoms with E-state index in [0.717, 1.165) is 12.5 Å². The summed E-state index contributed by atoms with van der Waals surface area (Å²) in [6.07, 6.45) is 4.04. The maximum atomic E-state index is 3.62. The number of rotatable bonds is 5. The lowest BCUT2D eigenvalue weighted by Gasteiger charge is -2.18. The van der Waals surface area contributed by atoms with Gasteiger partial charge in [0.1, 0.15) is 0 Å². The van der Waals surface area contributed by atoms with Crippen molar-refractivity contribution in [3.05, 3.63) is 35.4 Å². The normalized spacial score (nSPS) is 17.7. The predicted molar refractivity (Wildman–Crippen MR) is 65.1 cm³/mol. The first-order chi connectivity index (χ1) is 7.31. The highest BCUT2D eigenvalue weighted by Crippen LogP contribution is 2.34. The lowest BCUT2D eigenvalue weighted by molar-refractivity contribution is 0.472. The third-order valence-corrected chi connectivity index (χ3v) is 3.36. The summed E-state index contributed by atoms with van der Waals surface area (Å²) in [5, 5.41) is 3.62. The van der Waals surface area contributed by atoms with Crippen LogP contribution in [0.1, 0.15) is 30.9 Å². The average molecular weight is 203 g/mol. The van der Waals surface area contributed by atoms with Crippen LogP contribution in [-0.2, 0) is 6.42 Å². The Kier molecular flexibility index (Phi) is 3.42. The van der Waals surface area contributed by atoms with Crippen LogP contribution in [0.5, 0.6) is 0 Å². The molecular formula is C14H21N. The summed E-state index contributed by atoms with van der Waals surface area (Å²) in [6.45, 7) is 5.51. The van der Waals surface area contributed by atoms with Gasteiger partial charge in [-0.3, -0.25) is 0 Å². The number of hydrogen-bond donors (Lipinski definition) is 1. The Labute approximate surface area is 92.9 Å². The number of aryl methyl sites for hydroxylation is 1. The number of nitrogens with one attached hydrogen (secondary N) is 1. The van der Waals surface area contributed by atoms with E-state index >= 15 is 0 Å². The second kappa shape index (κ2) is 4.80. The number of likely N-dealkylation sites (N-methyl/N-ethyl adjacent to an activating group) is 1. The van der Waals surface area contributed by atoms with E-state index in [1.54, 1.807) is 0 Å². The van der Waals surface area contributed by atoms with Gasteiger partial charge in [0.15, 0.2) is 0 Å². The monoisotopic (exact) mass is 203 g/mol. The van der Waals surface area contributed by atoms with Crippen molar-refractivity contribution in [3.8, 4) is 0 Å². The van der Waals surface area contributed by atoms with Gasteiger partial charge in [-0.2, -0.15) is 0 Å². The molecule has 0 spiro atoms. The number of benzene rings is 1. The molecular weight excluding hydrogens is 182 g/mol. The molecule has 1 aliphatic rings. The third-order valence-electron chi connectivity index (χ3n) is 3.36. The van der Waals surface area contributed by atoms with Crippen LogP contribution in [0.2, 0.25) is 0 Å². The molecule has 2 rings (SSSR count). The molecule has 0 aliphatic heterocycles. The van der Waals surface area contributed by atoms with Crippen molar-refractivity contribution in [2.45, 2.75) is 39.2 Å². The first-order valence-corrected chi connectivity index (χ1v) is 6.09. The van der Waals surface area contributed by atoms with Crippen molar-refractivity contribution in [1.29, 1.82) is 0 Å². The van der Waals surface area contributed by atoms with Gasteiger partial charge < -0.3 is 5.32 Å². The van der Waals surface area contributed by atoms with Crippen molar-refractivity contribution in [1.82, 2.24) is 5.32 Å². The maximum absolute atomic E-state index is 3.62. The second-order valence-electron chi connectivity index (χ2n) is 4.63. The first-order valence-electron chi connectivity index (χ1n) is 6.09. The van der Waals surface area contributed by atoms with Crippen LogP contribution >= 0.6 is 0 Å². The van der Waals surface area contributed by atoms with E-state index < -0.39 is 0 Å². The Balaban J connectivity index is 2.02. The fourth-order valence-electron chi connectivity index (χ4n) is 2.24. The summed E-state index contributed by atoms with van der Waals surface area (Å²) in [4.78, 5) is 0. The van der Waals surface area contributed by atoms with Gasteiger partial charge in [-0.1, -0.05) is 31.2 Å². The smallest absolute Gasteiger partial charge is 0.0136 e. The highest BCUT2D eigenvalue weighted by molar-refractivity contribution is 5.26. The van der Waals surface area contributed by atoms with Crippen LogP contribution < -0.4 is 5.32 Å². The van der Waals surface area contributed by atoms with E-state index in [4.69, 9.17) is 0 Å². The lowest BCUT2D eigenvalue weighted by atomic mass is 9.98. The van der Waals surface area contributed by atoms with E-state index in [2.05, 4.69) is 43.4 Å². The van der Waals surface area contributed by atoms with Crippen LogP contribution in [0, 0.1) is 12.8 Å².